The zero-order chi connectivity index (χ0) is 17.7. The number of carbonyl (C=O) groups excluding carboxylic acids is 1. The van der Waals surface area contributed by atoms with Gasteiger partial charge in [0.25, 0.3) is 0 Å². The molecule has 8 heteroatoms. The van der Waals surface area contributed by atoms with Gasteiger partial charge in [-0.1, -0.05) is 6.42 Å². The number of ether oxygens (including phenoxy) is 2. The Morgan fingerprint density at radius 3 is 2.46 bits per heavy atom. The molecule has 0 aromatic heterocycles. The highest BCUT2D eigenvalue weighted by molar-refractivity contribution is 14.0. The number of nitrogens with zero attached hydrogens (tertiary/aromatic N) is 1. The van der Waals surface area contributed by atoms with Crippen LogP contribution < -0.4 is 16.0 Å². The van der Waals surface area contributed by atoms with E-state index in [-0.39, 0.29) is 35.8 Å². The van der Waals surface area contributed by atoms with Gasteiger partial charge in [-0.3, -0.25) is 9.79 Å². The number of aliphatic imine (C=N–C) groups is 1. The predicted octanol–water partition coefficient (Wildman–Crippen LogP) is 1.52. The van der Waals surface area contributed by atoms with Gasteiger partial charge in [-0.2, -0.15) is 0 Å². The van der Waals surface area contributed by atoms with Crippen LogP contribution in [0.15, 0.2) is 4.99 Å². The van der Waals surface area contributed by atoms with Crippen LogP contribution in [0, 0.1) is 11.8 Å². The van der Waals surface area contributed by atoms with E-state index in [0.29, 0.717) is 5.92 Å². The Balaban J connectivity index is 0.00000338. The van der Waals surface area contributed by atoms with E-state index in [1.165, 1.54) is 6.42 Å². The molecule has 0 bridgehead atoms. The van der Waals surface area contributed by atoms with E-state index in [1.54, 1.807) is 7.05 Å². The Kier molecular flexibility index (Phi) is 13.0. The first-order chi connectivity index (χ1) is 12.3. The van der Waals surface area contributed by atoms with E-state index in [1.807, 2.05) is 0 Å². The molecule has 0 radical (unpaired) electrons. The highest BCUT2D eigenvalue weighted by Gasteiger charge is 2.24. The largest absolute Gasteiger partial charge is 0.381 e. The van der Waals surface area contributed by atoms with Gasteiger partial charge in [0.05, 0.1) is 13.2 Å². The summed E-state index contributed by atoms with van der Waals surface area (Å²) in [6, 6.07) is 0. The highest BCUT2D eigenvalue weighted by Crippen LogP contribution is 2.25. The lowest BCUT2D eigenvalue weighted by molar-refractivity contribution is -0.127. The number of amides is 1. The third-order valence-electron chi connectivity index (χ3n) is 4.78. The van der Waals surface area contributed by atoms with Crippen LogP contribution in [0.4, 0.5) is 0 Å². The average molecular weight is 482 g/mol. The summed E-state index contributed by atoms with van der Waals surface area (Å²) in [6.45, 7) is 5.63. The molecule has 26 heavy (non-hydrogen) atoms. The van der Waals surface area contributed by atoms with Crippen LogP contribution in [0.25, 0.3) is 0 Å². The van der Waals surface area contributed by atoms with Gasteiger partial charge in [0, 0.05) is 51.7 Å². The Labute approximate surface area is 174 Å². The summed E-state index contributed by atoms with van der Waals surface area (Å²) in [5.74, 6) is 1.87. The van der Waals surface area contributed by atoms with E-state index in [0.717, 1.165) is 84.1 Å². The van der Waals surface area contributed by atoms with Crippen molar-refractivity contribution in [3.63, 3.8) is 0 Å². The molecular weight excluding hydrogens is 447 g/mol. The topological polar surface area (TPSA) is 84.0 Å². The van der Waals surface area contributed by atoms with E-state index in [2.05, 4.69) is 20.9 Å². The monoisotopic (exact) mass is 482 g/mol. The fourth-order valence-electron chi connectivity index (χ4n) is 2.89. The Hall–Kier alpha value is -0.610. The Morgan fingerprint density at radius 2 is 1.85 bits per heavy atom. The van der Waals surface area contributed by atoms with Crippen molar-refractivity contribution in [3.05, 3.63) is 0 Å². The maximum atomic E-state index is 11.7. The average Bonchev–Trinajstić information content (AvgIpc) is 3.07. The zero-order valence-corrected chi connectivity index (χ0v) is 18.3. The first-order valence-corrected chi connectivity index (χ1v) is 9.67. The molecule has 152 valence electrons. The molecule has 1 saturated heterocycles. The van der Waals surface area contributed by atoms with Gasteiger partial charge in [-0.15, -0.1) is 24.0 Å². The van der Waals surface area contributed by atoms with E-state index >= 15 is 0 Å². The SMILES string of the molecule is CN=C(NCCCNC(=O)C1CCC1)NCCCOCC1CCOC1.I. The molecule has 7 nitrogen and oxygen atoms in total. The smallest absolute Gasteiger partial charge is 0.223 e. The Morgan fingerprint density at radius 1 is 1.12 bits per heavy atom. The van der Waals surface area contributed by atoms with E-state index in [9.17, 15) is 4.79 Å². The van der Waals surface area contributed by atoms with Gasteiger partial charge in [0.15, 0.2) is 5.96 Å². The molecule has 1 atom stereocenters. The van der Waals surface area contributed by atoms with Crippen molar-refractivity contribution >= 4 is 35.8 Å². The summed E-state index contributed by atoms with van der Waals surface area (Å²) in [6.07, 6.45) is 6.27. The summed E-state index contributed by atoms with van der Waals surface area (Å²) < 4.78 is 11.0. The quantitative estimate of drug-likeness (QED) is 0.180. The summed E-state index contributed by atoms with van der Waals surface area (Å²) >= 11 is 0. The Bertz CT molecular complexity index is 413. The van der Waals surface area contributed by atoms with Crippen LogP contribution in [-0.4, -0.2) is 65.0 Å². The predicted molar refractivity (Wildman–Crippen MR) is 114 cm³/mol. The number of hydrogen-bond acceptors (Lipinski definition) is 4. The molecule has 1 amide bonds. The normalized spacial score (nSPS) is 20.2. The molecule has 0 spiro atoms. The number of hydrogen-bond donors (Lipinski definition) is 3. The molecule has 1 saturated carbocycles. The van der Waals surface area contributed by atoms with Gasteiger partial charge >= 0.3 is 0 Å². The second kappa shape index (κ2) is 14.4. The number of carbonyl (C=O) groups is 1. The van der Waals surface area contributed by atoms with Gasteiger partial charge in [0.1, 0.15) is 0 Å². The van der Waals surface area contributed by atoms with Crippen molar-refractivity contribution in [1.82, 2.24) is 16.0 Å². The van der Waals surface area contributed by atoms with Crippen molar-refractivity contribution < 1.29 is 14.3 Å². The molecule has 0 aromatic carbocycles. The number of rotatable bonds is 11. The standard InChI is InChI=1S/C18H34N4O3.HI/c1-19-18(21-9-3-8-20-17(23)16-5-2-6-16)22-10-4-11-24-13-15-7-12-25-14-15;/h15-16H,2-14H2,1H3,(H,20,23)(H2,19,21,22);1H. The number of halogens is 1. The fraction of sp³-hybridized carbons (Fsp3) is 0.889. The summed E-state index contributed by atoms with van der Waals surface area (Å²) in [7, 11) is 1.77. The molecule has 0 aromatic rings. The van der Waals surface area contributed by atoms with Crippen molar-refractivity contribution in [1.29, 1.82) is 0 Å². The van der Waals surface area contributed by atoms with E-state index in [4.69, 9.17) is 9.47 Å². The van der Waals surface area contributed by atoms with Crippen LogP contribution in [0.3, 0.4) is 0 Å². The summed E-state index contributed by atoms with van der Waals surface area (Å²) in [5, 5.41) is 9.55. The first-order valence-electron chi connectivity index (χ1n) is 9.67. The summed E-state index contributed by atoms with van der Waals surface area (Å²) in [4.78, 5) is 15.9. The van der Waals surface area contributed by atoms with Crippen LogP contribution in [0.5, 0.6) is 0 Å². The molecule has 1 unspecified atom stereocenters. The second-order valence-corrected chi connectivity index (χ2v) is 6.86. The van der Waals surface area contributed by atoms with Crippen LogP contribution in [0.2, 0.25) is 0 Å². The van der Waals surface area contributed by atoms with Gasteiger partial charge in [0.2, 0.25) is 5.91 Å². The number of guanidine groups is 1. The first kappa shape index (κ1) is 23.4. The van der Waals surface area contributed by atoms with Crippen LogP contribution in [-0.2, 0) is 14.3 Å². The minimum absolute atomic E-state index is 0. The van der Waals surface area contributed by atoms with Gasteiger partial charge in [-0.05, 0) is 32.1 Å². The second-order valence-electron chi connectivity index (χ2n) is 6.86. The molecule has 2 rings (SSSR count). The maximum absolute atomic E-state index is 11.7. The molecular formula is C18H35IN4O3. The lowest BCUT2D eigenvalue weighted by Crippen LogP contribution is -2.40. The van der Waals surface area contributed by atoms with Crippen molar-refractivity contribution in [2.75, 3.05) is 53.1 Å². The summed E-state index contributed by atoms with van der Waals surface area (Å²) in [5.41, 5.74) is 0. The lowest BCUT2D eigenvalue weighted by Gasteiger charge is -2.24. The van der Waals surface area contributed by atoms with Gasteiger partial charge < -0.3 is 25.4 Å². The third-order valence-corrected chi connectivity index (χ3v) is 4.78. The molecule has 2 aliphatic rings. The van der Waals surface area contributed by atoms with Crippen molar-refractivity contribution in [3.8, 4) is 0 Å². The molecule has 1 aliphatic heterocycles. The lowest BCUT2D eigenvalue weighted by atomic mass is 9.85. The van der Waals surface area contributed by atoms with E-state index < -0.39 is 0 Å². The van der Waals surface area contributed by atoms with Crippen LogP contribution in [0.1, 0.15) is 38.5 Å². The number of nitrogens with one attached hydrogen (secondary N) is 3. The molecule has 1 aliphatic carbocycles. The molecule has 3 N–H and O–H groups in total. The molecule has 1 heterocycles. The van der Waals surface area contributed by atoms with Gasteiger partial charge in [-0.25, -0.2) is 0 Å². The third kappa shape index (κ3) is 9.36. The maximum Gasteiger partial charge on any atom is 0.223 e. The molecule has 2 fully saturated rings. The van der Waals surface area contributed by atoms with Crippen LogP contribution >= 0.6 is 24.0 Å². The zero-order valence-electron chi connectivity index (χ0n) is 15.9. The van der Waals surface area contributed by atoms with Crippen molar-refractivity contribution in [2.45, 2.75) is 38.5 Å². The fourth-order valence-corrected chi connectivity index (χ4v) is 2.89. The highest BCUT2D eigenvalue weighted by atomic mass is 127. The minimum atomic E-state index is 0. The minimum Gasteiger partial charge on any atom is -0.381 e. The van der Waals surface area contributed by atoms with Crippen molar-refractivity contribution in [2.24, 2.45) is 16.8 Å².